The molecular formula is C22H25F3N2O2. The van der Waals surface area contributed by atoms with Crippen LogP contribution in [-0.2, 0) is 6.54 Å². The van der Waals surface area contributed by atoms with Crippen molar-refractivity contribution in [1.29, 1.82) is 0 Å². The fraction of sp³-hybridized carbons (Fsp3) is 0.455. The number of halogens is 3. The van der Waals surface area contributed by atoms with E-state index in [9.17, 15) is 18.3 Å². The number of aromatic hydroxyl groups is 1. The Morgan fingerprint density at radius 2 is 1.79 bits per heavy atom. The normalized spacial score (nSPS) is 23.1. The third-order valence-electron chi connectivity index (χ3n) is 5.84. The number of para-hydroxylation sites is 1. The third-order valence-corrected chi connectivity index (χ3v) is 5.84. The number of rotatable bonds is 6. The van der Waals surface area contributed by atoms with Gasteiger partial charge in [-0.15, -0.1) is 13.2 Å². The minimum absolute atomic E-state index is 0.0636. The summed E-state index contributed by atoms with van der Waals surface area (Å²) in [6.07, 6.45) is -1.40. The van der Waals surface area contributed by atoms with Crippen LogP contribution in [0.4, 0.5) is 13.2 Å². The molecular weight excluding hydrogens is 381 g/mol. The van der Waals surface area contributed by atoms with Crippen LogP contribution >= 0.6 is 0 Å². The van der Waals surface area contributed by atoms with Gasteiger partial charge < -0.3 is 14.7 Å². The first kappa shape index (κ1) is 20.0. The minimum atomic E-state index is -4.72. The van der Waals surface area contributed by atoms with Crippen LogP contribution in [0.25, 0.3) is 0 Å². The van der Waals surface area contributed by atoms with Crippen molar-refractivity contribution in [2.45, 2.75) is 44.3 Å². The van der Waals surface area contributed by atoms with E-state index in [4.69, 9.17) is 0 Å². The summed E-state index contributed by atoms with van der Waals surface area (Å²) in [6, 6.07) is 13.8. The number of hydrogen-bond acceptors (Lipinski definition) is 4. The number of benzene rings is 2. The first-order chi connectivity index (χ1) is 13.9. The molecule has 0 aromatic heterocycles. The Bertz CT molecular complexity index is 837. The maximum atomic E-state index is 12.8. The van der Waals surface area contributed by atoms with Gasteiger partial charge in [-0.2, -0.15) is 0 Å². The first-order valence-corrected chi connectivity index (χ1v) is 10.00. The van der Waals surface area contributed by atoms with Crippen LogP contribution in [0.1, 0.15) is 36.4 Å². The molecule has 29 heavy (non-hydrogen) atoms. The van der Waals surface area contributed by atoms with Crippen molar-refractivity contribution in [3.63, 3.8) is 0 Å². The molecule has 1 N–H and O–H groups in total. The first-order valence-electron chi connectivity index (χ1n) is 10.00. The third kappa shape index (κ3) is 4.85. The highest BCUT2D eigenvalue weighted by Gasteiger charge is 2.41. The van der Waals surface area contributed by atoms with E-state index in [0.717, 1.165) is 31.6 Å². The van der Waals surface area contributed by atoms with Gasteiger partial charge in [0.15, 0.2) is 0 Å². The van der Waals surface area contributed by atoms with Crippen LogP contribution in [0.2, 0.25) is 0 Å². The van der Waals surface area contributed by atoms with Gasteiger partial charge >= 0.3 is 6.36 Å². The molecule has 0 amide bonds. The van der Waals surface area contributed by atoms with E-state index in [-0.39, 0.29) is 23.6 Å². The molecule has 2 unspecified atom stereocenters. The van der Waals surface area contributed by atoms with E-state index in [1.54, 1.807) is 36.4 Å². The highest BCUT2D eigenvalue weighted by atomic mass is 19.4. The van der Waals surface area contributed by atoms with E-state index in [1.165, 1.54) is 18.9 Å². The van der Waals surface area contributed by atoms with Crippen molar-refractivity contribution in [2.24, 2.45) is 0 Å². The molecule has 2 atom stereocenters. The zero-order chi connectivity index (χ0) is 20.4. The molecule has 0 spiro atoms. The highest BCUT2D eigenvalue weighted by Crippen LogP contribution is 2.42. The Kier molecular flexibility index (Phi) is 5.69. The molecule has 156 valence electrons. The second-order valence-electron chi connectivity index (χ2n) is 7.84. The summed E-state index contributed by atoms with van der Waals surface area (Å²) in [4.78, 5) is 4.65. The molecule has 2 aliphatic heterocycles. The quantitative estimate of drug-likeness (QED) is 0.754. The second-order valence-corrected chi connectivity index (χ2v) is 7.84. The number of nitrogens with zero attached hydrogens (tertiary/aromatic N) is 2. The molecule has 4 rings (SSSR count). The van der Waals surface area contributed by atoms with E-state index >= 15 is 0 Å². The summed E-state index contributed by atoms with van der Waals surface area (Å²) in [6.45, 7) is 3.44. The zero-order valence-electron chi connectivity index (χ0n) is 16.1. The number of phenols is 1. The van der Waals surface area contributed by atoms with Gasteiger partial charge in [0.05, 0.1) is 0 Å². The van der Waals surface area contributed by atoms with Crippen LogP contribution < -0.4 is 4.74 Å². The smallest absolute Gasteiger partial charge is 0.508 e. The summed E-state index contributed by atoms with van der Waals surface area (Å²) in [7, 11) is 0. The Morgan fingerprint density at radius 3 is 2.52 bits per heavy atom. The van der Waals surface area contributed by atoms with Crippen molar-refractivity contribution in [3.05, 3.63) is 59.7 Å². The summed E-state index contributed by atoms with van der Waals surface area (Å²) in [5, 5.41) is 9.85. The lowest BCUT2D eigenvalue weighted by Crippen LogP contribution is -2.54. The van der Waals surface area contributed by atoms with Crippen LogP contribution in [0, 0.1) is 0 Å². The molecule has 4 nitrogen and oxygen atoms in total. The highest BCUT2D eigenvalue weighted by molar-refractivity contribution is 5.35. The van der Waals surface area contributed by atoms with Crippen molar-refractivity contribution in [1.82, 2.24) is 9.80 Å². The molecule has 0 aliphatic carbocycles. The molecule has 2 saturated heterocycles. The van der Waals surface area contributed by atoms with Gasteiger partial charge in [0.25, 0.3) is 0 Å². The second kappa shape index (κ2) is 8.24. The SMILES string of the molecule is Oc1cccc(C2CC(CN3CCCC3)N2Cc2ccccc2OC(F)(F)F)c1. The Labute approximate surface area is 168 Å². The summed E-state index contributed by atoms with van der Waals surface area (Å²) < 4.78 is 42.7. The number of phenolic OH excluding ortho intramolecular Hbond substituents is 1. The molecule has 0 saturated carbocycles. The lowest BCUT2D eigenvalue weighted by atomic mass is 9.86. The van der Waals surface area contributed by atoms with Crippen LogP contribution in [0.5, 0.6) is 11.5 Å². The van der Waals surface area contributed by atoms with Gasteiger partial charge in [0.2, 0.25) is 0 Å². The van der Waals surface area contributed by atoms with Gasteiger partial charge in [0, 0.05) is 30.7 Å². The molecule has 2 heterocycles. The number of alkyl halides is 3. The van der Waals surface area contributed by atoms with E-state index in [0.29, 0.717) is 12.1 Å². The predicted molar refractivity (Wildman–Crippen MR) is 104 cm³/mol. The topological polar surface area (TPSA) is 35.9 Å². The molecule has 0 bridgehead atoms. The van der Waals surface area contributed by atoms with E-state index in [1.807, 2.05) is 6.07 Å². The van der Waals surface area contributed by atoms with Gasteiger partial charge in [-0.05, 0) is 56.1 Å². The Balaban J connectivity index is 1.56. The number of ether oxygens (including phenoxy) is 1. The van der Waals surface area contributed by atoms with Gasteiger partial charge in [-0.3, -0.25) is 4.90 Å². The zero-order valence-corrected chi connectivity index (χ0v) is 16.1. The average Bonchev–Trinajstić information content (AvgIpc) is 3.16. The fourth-order valence-electron chi connectivity index (χ4n) is 4.44. The summed E-state index contributed by atoms with van der Waals surface area (Å²) in [5.41, 5.74) is 1.50. The van der Waals surface area contributed by atoms with Crippen molar-refractivity contribution in [3.8, 4) is 11.5 Å². The molecule has 7 heteroatoms. The van der Waals surface area contributed by atoms with Crippen molar-refractivity contribution < 1.29 is 23.0 Å². The lowest BCUT2D eigenvalue weighted by Gasteiger charge is -2.50. The molecule has 2 aromatic rings. The standard InChI is InChI=1S/C22H25F3N2O2/c23-22(24,25)29-21-9-2-1-6-17(21)14-27-18(15-26-10-3-4-11-26)13-20(27)16-7-5-8-19(28)12-16/h1-2,5-9,12,18,20,28H,3-4,10-11,13-15H2. The fourth-order valence-corrected chi connectivity index (χ4v) is 4.44. The van der Waals surface area contributed by atoms with Gasteiger partial charge in [-0.25, -0.2) is 0 Å². The lowest BCUT2D eigenvalue weighted by molar-refractivity contribution is -0.275. The molecule has 0 radical (unpaired) electrons. The van der Waals surface area contributed by atoms with Gasteiger partial charge in [-0.1, -0.05) is 30.3 Å². The molecule has 2 aromatic carbocycles. The van der Waals surface area contributed by atoms with Crippen LogP contribution in [-0.4, -0.2) is 46.9 Å². The van der Waals surface area contributed by atoms with Crippen LogP contribution in [0.3, 0.4) is 0 Å². The van der Waals surface area contributed by atoms with Gasteiger partial charge in [0.1, 0.15) is 11.5 Å². The maximum absolute atomic E-state index is 12.8. The predicted octanol–water partition coefficient (Wildman–Crippen LogP) is 4.70. The largest absolute Gasteiger partial charge is 0.573 e. The Morgan fingerprint density at radius 1 is 1.03 bits per heavy atom. The van der Waals surface area contributed by atoms with E-state index in [2.05, 4.69) is 14.5 Å². The summed E-state index contributed by atoms with van der Waals surface area (Å²) in [5.74, 6) is 0.0488. The molecule has 2 aliphatic rings. The van der Waals surface area contributed by atoms with Crippen molar-refractivity contribution in [2.75, 3.05) is 19.6 Å². The number of hydrogen-bond donors (Lipinski definition) is 1. The average molecular weight is 406 g/mol. The minimum Gasteiger partial charge on any atom is -0.508 e. The molecule has 2 fully saturated rings. The van der Waals surface area contributed by atoms with Crippen LogP contribution in [0.15, 0.2) is 48.5 Å². The monoisotopic (exact) mass is 406 g/mol. The van der Waals surface area contributed by atoms with E-state index < -0.39 is 6.36 Å². The maximum Gasteiger partial charge on any atom is 0.573 e. The number of likely N-dealkylation sites (tertiary alicyclic amines) is 2. The summed E-state index contributed by atoms with van der Waals surface area (Å²) >= 11 is 0. The Hall–Kier alpha value is -2.25. The van der Waals surface area contributed by atoms with Crippen molar-refractivity contribution >= 4 is 0 Å².